The lowest BCUT2D eigenvalue weighted by Crippen LogP contribution is -2.35. The van der Waals surface area contributed by atoms with Gasteiger partial charge in [0.15, 0.2) is 0 Å². The normalized spacial score (nSPS) is 13.6. The lowest BCUT2D eigenvalue weighted by molar-refractivity contribution is 0.215. The van der Waals surface area contributed by atoms with Crippen LogP contribution in [-0.2, 0) is 5.41 Å². The van der Waals surface area contributed by atoms with Gasteiger partial charge in [-0.3, -0.25) is 0 Å². The molecular formula is C12H22N2S. The van der Waals surface area contributed by atoms with Crippen molar-refractivity contribution in [1.29, 1.82) is 0 Å². The molecule has 0 atom stereocenters. The Morgan fingerprint density at radius 1 is 1.07 bits per heavy atom. The SMILES string of the molecule is CC(C)c1nc(C(C)(C)C(C)(C)C)ns1. The first-order chi connectivity index (χ1) is 6.66. The molecule has 0 fully saturated rings. The predicted molar refractivity (Wildman–Crippen MR) is 66.5 cm³/mol. The number of hydrogen-bond donors (Lipinski definition) is 0. The van der Waals surface area contributed by atoms with Crippen LogP contribution in [0.4, 0.5) is 0 Å². The molecule has 3 heteroatoms. The minimum absolute atomic E-state index is 0.0244. The summed E-state index contributed by atoms with van der Waals surface area (Å²) < 4.78 is 4.51. The van der Waals surface area contributed by atoms with Crippen molar-refractivity contribution in [2.24, 2.45) is 5.41 Å². The van der Waals surface area contributed by atoms with E-state index in [1.54, 1.807) is 0 Å². The Morgan fingerprint density at radius 3 is 1.93 bits per heavy atom. The maximum atomic E-state index is 4.66. The highest BCUT2D eigenvalue weighted by Gasteiger charge is 2.37. The minimum atomic E-state index is 0.0244. The second-order valence-electron chi connectivity index (χ2n) is 5.99. The molecule has 0 aliphatic rings. The van der Waals surface area contributed by atoms with E-state index >= 15 is 0 Å². The van der Waals surface area contributed by atoms with E-state index in [0.717, 1.165) is 10.8 Å². The molecule has 0 bridgehead atoms. The third-order valence-electron chi connectivity index (χ3n) is 3.37. The molecule has 0 unspecified atom stereocenters. The molecule has 2 nitrogen and oxygen atoms in total. The highest BCUT2D eigenvalue weighted by atomic mass is 32.1. The second kappa shape index (κ2) is 3.85. The van der Waals surface area contributed by atoms with Crippen LogP contribution in [0.3, 0.4) is 0 Å². The molecule has 0 aliphatic carbocycles. The van der Waals surface area contributed by atoms with Gasteiger partial charge in [-0.25, -0.2) is 4.98 Å². The van der Waals surface area contributed by atoms with Crippen LogP contribution in [-0.4, -0.2) is 9.36 Å². The molecule has 1 heterocycles. The zero-order chi connectivity index (χ0) is 11.9. The fourth-order valence-electron chi connectivity index (χ4n) is 1.06. The lowest BCUT2D eigenvalue weighted by Gasteiger charge is -2.36. The number of rotatable bonds is 2. The summed E-state index contributed by atoms with van der Waals surface area (Å²) in [6, 6.07) is 0. The summed E-state index contributed by atoms with van der Waals surface area (Å²) in [5.74, 6) is 1.47. The fourth-order valence-corrected chi connectivity index (χ4v) is 1.85. The van der Waals surface area contributed by atoms with Crippen LogP contribution in [0.25, 0.3) is 0 Å². The van der Waals surface area contributed by atoms with Crippen molar-refractivity contribution in [1.82, 2.24) is 9.36 Å². The molecule has 1 aromatic rings. The molecule has 15 heavy (non-hydrogen) atoms. The Balaban J connectivity index is 3.06. The lowest BCUT2D eigenvalue weighted by atomic mass is 9.69. The fraction of sp³-hybridized carbons (Fsp3) is 0.833. The van der Waals surface area contributed by atoms with Crippen LogP contribution < -0.4 is 0 Å². The van der Waals surface area contributed by atoms with Gasteiger partial charge in [0.2, 0.25) is 0 Å². The Kier molecular flexibility index (Phi) is 3.24. The summed E-state index contributed by atoms with van der Waals surface area (Å²) in [5.41, 5.74) is 0.207. The average molecular weight is 226 g/mol. The molecule has 0 aliphatic heterocycles. The third-order valence-corrected chi connectivity index (χ3v) is 4.38. The van der Waals surface area contributed by atoms with E-state index in [9.17, 15) is 0 Å². The predicted octanol–water partition coefficient (Wildman–Crippen LogP) is 3.99. The van der Waals surface area contributed by atoms with Gasteiger partial charge >= 0.3 is 0 Å². The van der Waals surface area contributed by atoms with Crippen LogP contribution >= 0.6 is 11.5 Å². The Bertz CT molecular complexity index is 332. The number of hydrogen-bond acceptors (Lipinski definition) is 3. The highest BCUT2D eigenvalue weighted by molar-refractivity contribution is 7.05. The zero-order valence-corrected chi connectivity index (χ0v) is 11.7. The smallest absolute Gasteiger partial charge is 0.148 e. The topological polar surface area (TPSA) is 25.8 Å². The van der Waals surface area contributed by atoms with Crippen LogP contribution in [0, 0.1) is 5.41 Å². The van der Waals surface area contributed by atoms with Gasteiger partial charge in [-0.1, -0.05) is 48.5 Å². The molecule has 86 valence electrons. The first kappa shape index (κ1) is 12.6. The van der Waals surface area contributed by atoms with Gasteiger partial charge in [-0.2, -0.15) is 4.37 Å². The van der Waals surface area contributed by atoms with E-state index in [1.807, 2.05) is 0 Å². The molecule has 0 N–H and O–H groups in total. The van der Waals surface area contributed by atoms with Crippen molar-refractivity contribution in [2.45, 2.75) is 59.8 Å². The maximum absolute atomic E-state index is 4.66. The molecule has 0 saturated carbocycles. The van der Waals surface area contributed by atoms with Gasteiger partial charge in [-0.05, 0) is 16.9 Å². The second-order valence-corrected chi connectivity index (χ2v) is 6.77. The van der Waals surface area contributed by atoms with Gasteiger partial charge in [0.05, 0.1) is 0 Å². The van der Waals surface area contributed by atoms with E-state index < -0.39 is 0 Å². The van der Waals surface area contributed by atoms with Crippen molar-refractivity contribution >= 4 is 11.5 Å². The van der Waals surface area contributed by atoms with Gasteiger partial charge < -0.3 is 0 Å². The van der Waals surface area contributed by atoms with Crippen molar-refractivity contribution in [3.63, 3.8) is 0 Å². The molecule has 0 radical (unpaired) electrons. The van der Waals surface area contributed by atoms with Gasteiger partial charge in [0, 0.05) is 11.3 Å². The summed E-state index contributed by atoms with van der Waals surface area (Å²) in [6.45, 7) is 15.5. The number of nitrogens with zero attached hydrogens (tertiary/aromatic N) is 2. The first-order valence-electron chi connectivity index (χ1n) is 5.50. The molecular weight excluding hydrogens is 204 g/mol. The molecule has 1 aromatic heterocycles. The monoisotopic (exact) mass is 226 g/mol. The molecule has 0 aromatic carbocycles. The van der Waals surface area contributed by atoms with E-state index in [-0.39, 0.29) is 10.8 Å². The third kappa shape index (κ3) is 2.39. The maximum Gasteiger partial charge on any atom is 0.148 e. The summed E-state index contributed by atoms with van der Waals surface area (Å²) in [6.07, 6.45) is 0. The molecule has 0 spiro atoms. The van der Waals surface area contributed by atoms with Gasteiger partial charge in [0.25, 0.3) is 0 Å². The van der Waals surface area contributed by atoms with Crippen LogP contribution in [0.2, 0.25) is 0 Å². The average Bonchev–Trinajstić information content (AvgIpc) is 2.49. The van der Waals surface area contributed by atoms with Gasteiger partial charge in [-0.15, -0.1) is 0 Å². The molecule has 0 saturated heterocycles. The van der Waals surface area contributed by atoms with E-state index in [0.29, 0.717) is 5.92 Å². The van der Waals surface area contributed by atoms with Crippen LogP contribution in [0.5, 0.6) is 0 Å². The van der Waals surface area contributed by atoms with Crippen molar-refractivity contribution < 1.29 is 0 Å². The van der Waals surface area contributed by atoms with Crippen LogP contribution in [0.15, 0.2) is 0 Å². The summed E-state index contributed by atoms with van der Waals surface area (Å²) in [7, 11) is 0. The van der Waals surface area contributed by atoms with Crippen molar-refractivity contribution in [3.8, 4) is 0 Å². The first-order valence-corrected chi connectivity index (χ1v) is 6.27. The van der Waals surface area contributed by atoms with E-state index in [2.05, 4.69) is 57.8 Å². The summed E-state index contributed by atoms with van der Waals surface area (Å²) >= 11 is 1.54. The van der Waals surface area contributed by atoms with E-state index in [4.69, 9.17) is 0 Å². The summed E-state index contributed by atoms with van der Waals surface area (Å²) in [4.78, 5) is 4.66. The highest BCUT2D eigenvalue weighted by Crippen LogP contribution is 2.40. The summed E-state index contributed by atoms with van der Waals surface area (Å²) in [5, 5.41) is 1.14. The van der Waals surface area contributed by atoms with Crippen molar-refractivity contribution in [3.05, 3.63) is 10.8 Å². The largest absolute Gasteiger partial charge is 0.224 e. The van der Waals surface area contributed by atoms with E-state index in [1.165, 1.54) is 11.5 Å². The Morgan fingerprint density at radius 2 is 1.60 bits per heavy atom. The van der Waals surface area contributed by atoms with Crippen LogP contribution in [0.1, 0.15) is 65.2 Å². The minimum Gasteiger partial charge on any atom is -0.224 e. The Hall–Kier alpha value is -0.440. The molecule has 1 rings (SSSR count). The quantitative estimate of drug-likeness (QED) is 0.762. The standard InChI is InChI=1S/C12H22N2S/c1-8(2)9-13-10(14-15-9)12(6,7)11(3,4)5/h8H,1-7H3. The number of aromatic nitrogens is 2. The Labute approximate surface area is 97.3 Å². The zero-order valence-electron chi connectivity index (χ0n) is 10.9. The van der Waals surface area contributed by atoms with Gasteiger partial charge in [0.1, 0.15) is 10.8 Å². The van der Waals surface area contributed by atoms with Crippen molar-refractivity contribution in [2.75, 3.05) is 0 Å². The molecule has 0 amide bonds.